The highest BCUT2D eigenvalue weighted by Gasteiger charge is 2.53. The van der Waals surface area contributed by atoms with Gasteiger partial charge in [0.1, 0.15) is 5.75 Å². The molecule has 3 heterocycles. The van der Waals surface area contributed by atoms with E-state index in [0.29, 0.717) is 12.1 Å². The normalized spacial score (nSPS) is 18.9. The van der Waals surface area contributed by atoms with Crippen LogP contribution in [0.5, 0.6) is 5.75 Å². The van der Waals surface area contributed by atoms with E-state index >= 15 is 0 Å². The highest BCUT2D eigenvalue weighted by atomic mass is 28.3. The molecule has 0 N–H and O–H groups in total. The lowest BCUT2D eigenvalue weighted by atomic mass is 9.69. The molecule has 0 amide bonds. The zero-order valence-electron chi connectivity index (χ0n) is 43.7. The van der Waals surface area contributed by atoms with Crippen LogP contribution in [0, 0.1) is 5.41 Å². The number of hydrogen-bond acceptors (Lipinski definition) is 4. The van der Waals surface area contributed by atoms with Crippen molar-refractivity contribution in [3.8, 4) is 11.4 Å². The highest BCUT2D eigenvalue weighted by molar-refractivity contribution is 6.93. The average molecular weight is 908 g/mol. The number of ether oxygens (including phenoxy) is 2. The summed E-state index contributed by atoms with van der Waals surface area (Å²) < 4.78 is 30.7. The van der Waals surface area contributed by atoms with E-state index in [4.69, 9.17) is 18.8 Å². The zero-order valence-corrected chi connectivity index (χ0v) is 45.7. The van der Waals surface area contributed by atoms with Gasteiger partial charge >= 0.3 is 7.12 Å². The molecule has 354 valence electrons. The van der Waals surface area contributed by atoms with E-state index in [1.54, 1.807) is 10.4 Å². The molecule has 0 radical (unpaired) electrons. The van der Waals surface area contributed by atoms with Crippen LogP contribution in [0.1, 0.15) is 181 Å². The molecule has 2 aliphatic heterocycles. The summed E-state index contributed by atoms with van der Waals surface area (Å²) in [4.78, 5) is 0. The van der Waals surface area contributed by atoms with Gasteiger partial charge in [-0.15, -0.1) is 0 Å². The fourth-order valence-electron chi connectivity index (χ4n) is 12.5. The highest BCUT2D eigenvalue weighted by Crippen LogP contribution is 2.45. The molecule has 64 heavy (non-hydrogen) atoms. The SMILES string of the molecule is CCC[Si](CCC)(CCC)c1ccc2c3ccc([Si](CCC)(CCC)C(C)CC)cc3n(-c3cc(C(C)(C)CC(C)(C)C)cc(B4OC(C)(C)C(C)(C)O4)c3OC3CCCCO3)c2c1. The Bertz CT molecular complexity index is 2160. The lowest BCUT2D eigenvalue weighted by molar-refractivity contribution is -0.105. The van der Waals surface area contributed by atoms with E-state index in [0.717, 1.165) is 42.6 Å². The van der Waals surface area contributed by atoms with Crippen LogP contribution in [0.25, 0.3) is 27.5 Å². The Labute approximate surface area is 393 Å². The zero-order chi connectivity index (χ0) is 46.9. The van der Waals surface area contributed by atoms with Crippen molar-refractivity contribution in [3.63, 3.8) is 0 Å². The minimum Gasteiger partial charge on any atom is -0.463 e. The molecule has 0 spiro atoms. The number of hydrogen-bond donors (Lipinski definition) is 0. The fraction of sp³-hybridized carbons (Fsp3) is 0.679. The van der Waals surface area contributed by atoms with Gasteiger partial charge in [-0.05, 0) is 87.1 Å². The third-order valence-electron chi connectivity index (χ3n) is 16.1. The molecule has 2 saturated heterocycles. The molecule has 0 aliphatic carbocycles. The lowest BCUT2D eigenvalue weighted by Crippen LogP contribution is -2.50. The van der Waals surface area contributed by atoms with Crippen molar-refractivity contribution in [2.45, 2.75) is 234 Å². The quantitative estimate of drug-likeness (QED) is 0.0829. The summed E-state index contributed by atoms with van der Waals surface area (Å²) in [7, 11) is -4.34. The van der Waals surface area contributed by atoms with Crippen molar-refractivity contribution in [1.29, 1.82) is 0 Å². The molecule has 2 aliphatic rings. The van der Waals surface area contributed by atoms with Crippen LogP contribution in [-0.4, -0.2) is 51.9 Å². The van der Waals surface area contributed by atoms with Gasteiger partial charge < -0.3 is 23.3 Å². The Morgan fingerprint density at radius 2 is 1.25 bits per heavy atom. The molecular weight excluding hydrogens is 818 g/mol. The van der Waals surface area contributed by atoms with Crippen molar-refractivity contribution >= 4 is 60.9 Å². The standard InChI is InChI=1S/C56H90BNO4Si2/c1-17-31-63(32-18-2,33-19-3)43-26-28-45-46-29-27-44(64(34-20-4,35-21-5)41(7)22-6)39-49(46)58(48(45)38-43)50-37-42(54(11,12)40-53(8,9)10)36-47(52(50)60-51-25-23-24-30-59-51)57-61-55(13,14)56(15,16)62-57/h26-29,36-39,41,51H,17-25,30-35,40H2,1-16H3. The lowest BCUT2D eigenvalue weighted by Gasteiger charge is -2.38. The van der Waals surface area contributed by atoms with E-state index in [1.807, 2.05) is 0 Å². The first-order valence-electron chi connectivity index (χ1n) is 26.1. The third kappa shape index (κ3) is 10.1. The summed E-state index contributed by atoms with van der Waals surface area (Å²) in [5.41, 5.74) is 5.55. The smallest absolute Gasteiger partial charge is 0.463 e. The van der Waals surface area contributed by atoms with E-state index < -0.39 is 34.5 Å². The maximum atomic E-state index is 7.41. The first kappa shape index (κ1) is 51.0. The van der Waals surface area contributed by atoms with Gasteiger partial charge in [0.2, 0.25) is 0 Å². The molecule has 3 aromatic carbocycles. The van der Waals surface area contributed by atoms with Crippen molar-refractivity contribution in [3.05, 3.63) is 54.1 Å². The van der Waals surface area contributed by atoms with Gasteiger partial charge in [-0.2, -0.15) is 0 Å². The fourth-order valence-corrected chi connectivity index (χ4v) is 23.6. The Balaban J connectivity index is 1.83. The molecule has 2 atom stereocenters. The molecular formula is C56H90BNO4Si2. The van der Waals surface area contributed by atoms with E-state index in [9.17, 15) is 0 Å². The van der Waals surface area contributed by atoms with Crippen LogP contribution in [0.4, 0.5) is 0 Å². The van der Waals surface area contributed by atoms with Crippen molar-refractivity contribution in [2.75, 3.05) is 6.61 Å². The Morgan fingerprint density at radius 3 is 1.73 bits per heavy atom. The first-order chi connectivity index (χ1) is 30.2. The van der Waals surface area contributed by atoms with Crippen LogP contribution < -0.4 is 20.6 Å². The maximum absolute atomic E-state index is 7.41. The van der Waals surface area contributed by atoms with Crippen LogP contribution >= 0.6 is 0 Å². The molecule has 6 rings (SSSR count). The second-order valence-corrected chi connectivity index (χ2v) is 32.8. The molecule has 4 aromatic rings. The molecule has 1 aromatic heterocycles. The summed E-state index contributed by atoms with van der Waals surface area (Å²) in [6, 6.07) is 27.0. The van der Waals surface area contributed by atoms with Crippen molar-refractivity contribution in [2.24, 2.45) is 5.41 Å². The largest absolute Gasteiger partial charge is 0.498 e. The monoisotopic (exact) mass is 908 g/mol. The number of rotatable bonds is 20. The topological polar surface area (TPSA) is 41.9 Å². The summed E-state index contributed by atoms with van der Waals surface area (Å²) >= 11 is 0. The molecule has 5 nitrogen and oxygen atoms in total. The molecule has 0 saturated carbocycles. The predicted molar refractivity (Wildman–Crippen MR) is 284 cm³/mol. The van der Waals surface area contributed by atoms with Gasteiger partial charge in [0.15, 0.2) is 6.29 Å². The predicted octanol–water partition coefficient (Wildman–Crippen LogP) is 14.9. The Hall–Kier alpha value is -2.36. The van der Waals surface area contributed by atoms with Crippen molar-refractivity contribution in [1.82, 2.24) is 4.57 Å². The van der Waals surface area contributed by atoms with Crippen LogP contribution in [0.15, 0.2) is 48.5 Å². The molecule has 2 unspecified atom stereocenters. The van der Waals surface area contributed by atoms with Gasteiger partial charge in [0, 0.05) is 22.7 Å². The van der Waals surface area contributed by atoms with Gasteiger partial charge in [0.25, 0.3) is 0 Å². The second-order valence-electron chi connectivity index (χ2n) is 23.3. The van der Waals surface area contributed by atoms with E-state index in [1.165, 1.54) is 96.1 Å². The third-order valence-corrected chi connectivity index (χ3v) is 28.5. The minimum atomic E-state index is -1.92. The van der Waals surface area contributed by atoms with E-state index in [2.05, 4.69) is 164 Å². The number of benzene rings is 3. The summed E-state index contributed by atoms with van der Waals surface area (Å²) in [6.07, 6.45) is 11.0. The first-order valence-corrected chi connectivity index (χ1v) is 31.2. The van der Waals surface area contributed by atoms with Crippen LogP contribution in [-0.2, 0) is 19.5 Å². The van der Waals surface area contributed by atoms with Gasteiger partial charge in [-0.1, -0.05) is 193 Å². The number of fused-ring (bicyclic) bond motifs is 3. The summed E-state index contributed by atoms with van der Waals surface area (Å²) in [5.74, 6) is 0.835. The Kier molecular flexibility index (Phi) is 16.0. The molecule has 8 heteroatoms. The molecule has 0 bridgehead atoms. The Morgan fingerprint density at radius 1 is 0.719 bits per heavy atom. The molecule has 2 fully saturated rings. The number of aromatic nitrogens is 1. The summed E-state index contributed by atoms with van der Waals surface area (Å²) in [5, 5.41) is 5.89. The van der Waals surface area contributed by atoms with Gasteiger partial charge in [-0.3, -0.25) is 0 Å². The van der Waals surface area contributed by atoms with Gasteiger partial charge in [-0.25, -0.2) is 0 Å². The van der Waals surface area contributed by atoms with E-state index in [-0.39, 0.29) is 17.1 Å². The second kappa shape index (κ2) is 20.1. The maximum Gasteiger partial charge on any atom is 0.498 e. The summed E-state index contributed by atoms with van der Waals surface area (Å²) in [6.45, 7) is 38.4. The average Bonchev–Trinajstić information content (AvgIpc) is 3.67. The van der Waals surface area contributed by atoms with Crippen LogP contribution in [0.2, 0.25) is 35.8 Å². The minimum absolute atomic E-state index is 0.115. The number of nitrogens with zero attached hydrogens (tertiary/aromatic N) is 1. The van der Waals surface area contributed by atoms with Crippen LogP contribution in [0.3, 0.4) is 0 Å². The van der Waals surface area contributed by atoms with Crippen molar-refractivity contribution < 1.29 is 18.8 Å². The van der Waals surface area contributed by atoms with Gasteiger partial charge in [0.05, 0.1) is 50.7 Å².